The van der Waals surface area contributed by atoms with E-state index in [1.54, 1.807) is 0 Å². The molecule has 4 aromatic rings. The number of nitrogens with zero attached hydrogens (tertiary/aromatic N) is 2. The number of nitrogens with one attached hydrogen (secondary N) is 1. The predicted molar refractivity (Wildman–Crippen MR) is 116 cm³/mol. The molecule has 1 amide bonds. The number of halogens is 1. The van der Waals surface area contributed by atoms with Gasteiger partial charge in [-0.2, -0.15) is 4.98 Å². The Morgan fingerprint density at radius 1 is 0.862 bits per heavy atom. The van der Waals surface area contributed by atoms with E-state index < -0.39 is 0 Å². The molecule has 0 aliphatic carbocycles. The normalized spacial score (nSPS) is 10.7. The predicted octanol–water partition coefficient (Wildman–Crippen LogP) is 5.74. The second kappa shape index (κ2) is 8.84. The van der Waals surface area contributed by atoms with E-state index in [0.29, 0.717) is 18.1 Å². The second-order valence-corrected chi connectivity index (χ2v) is 7.43. The van der Waals surface area contributed by atoms with Gasteiger partial charge in [-0.3, -0.25) is 4.79 Å². The van der Waals surface area contributed by atoms with Crippen LogP contribution in [0.2, 0.25) is 0 Å². The van der Waals surface area contributed by atoms with Crippen LogP contribution in [0.1, 0.15) is 12.3 Å². The highest BCUT2D eigenvalue weighted by molar-refractivity contribution is 9.10. The standard InChI is InChI=1S/C23H18BrN3O2/c24-19-10-12-20(13-11-19)25-21(28)14-15-22-26-23(27-29-22)18-8-6-17(7-9-18)16-4-2-1-3-5-16/h1-13H,14-15H2,(H,25,28). The van der Waals surface area contributed by atoms with Gasteiger partial charge in [0.1, 0.15) is 0 Å². The second-order valence-electron chi connectivity index (χ2n) is 6.51. The van der Waals surface area contributed by atoms with Crippen molar-refractivity contribution in [3.05, 3.63) is 89.2 Å². The molecule has 6 heteroatoms. The molecule has 0 bridgehead atoms. The number of anilines is 1. The summed E-state index contributed by atoms with van der Waals surface area (Å²) in [6, 6.07) is 25.6. The van der Waals surface area contributed by atoms with E-state index in [0.717, 1.165) is 26.9 Å². The molecule has 1 aromatic heterocycles. The first-order valence-electron chi connectivity index (χ1n) is 9.21. The highest BCUT2D eigenvalue weighted by Crippen LogP contribution is 2.23. The zero-order valence-corrected chi connectivity index (χ0v) is 17.1. The van der Waals surface area contributed by atoms with Gasteiger partial charge in [-0.05, 0) is 35.4 Å². The van der Waals surface area contributed by atoms with Gasteiger partial charge in [0, 0.05) is 28.6 Å². The van der Waals surface area contributed by atoms with E-state index in [9.17, 15) is 4.79 Å². The van der Waals surface area contributed by atoms with Gasteiger partial charge in [0.2, 0.25) is 17.6 Å². The first-order chi connectivity index (χ1) is 14.2. The molecule has 0 aliphatic rings. The minimum Gasteiger partial charge on any atom is -0.339 e. The SMILES string of the molecule is O=C(CCc1nc(-c2ccc(-c3ccccc3)cc2)no1)Nc1ccc(Br)cc1. The number of aromatic nitrogens is 2. The van der Waals surface area contributed by atoms with Crippen molar-refractivity contribution < 1.29 is 9.32 Å². The molecular weight excluding hydrogens is 430 g/mol. The summed E-state index contributed by atoms with van der Waals surface area (Å²) in [5.41, 5.74) is 3.91. The van der Waals surface area contributed by atoms with E-state index in [1.165, 1.54) is 0 Å². The number of hydrogen-bond acceptors (Lipinski definition) is 4. The zero-order chi connectivity index (χ0) is 20.1. The number of carbonyl (C=O) groups is 1. The Morgan fingerprint density at radius 2 is 1.52 bits per heavy atom. The van der Waals surface area contributed by atoms with Crippen molar-refractivity contribution in [2.24, 2.45) is 0 Å². The molecule has 0 saturated carbocycles. The maximum atomic E-state index is 12.1. The maximum absolute atomic E-state index is 12.1. The minimum absolute atomic E-state index is 0.0979. The molecule has 0 saturated heterocycles. The highest BCUT2D eigenvalue weighted by atomic mass is 79.9. The Balaban J connectivity index is 1.35. The Bertz CT molecular complexity index is 1090. The lowest BCUT2D eigenvalue weighted by molar-refractivity contribution is -0.116. The molecule has 0 aliphatic heterocycles. The van der Waals surface area contributed by atoms with E-state index in [1.807, 2.05) is 66.7 Å². The average Bonchev–Trinajstić information content (AvgIpc) is 3.24. The van der Waals surface area contributed by atoms with Crippen LogP contribution in [0, 0.1) is 0 Å². The van der Waals surface area contributed by atoms with Crippen molar-refractivity contribution in [3.8, 4) is 22.5 Å². The molecule has 0 atom stereocenters. The third-order valence-electron chi connectivity index (χ3n) is 4.41. The molecule has 29 heavy (non-hydrogen) atoms. The van der Waals surface area contributed by atoms with E-state index in [-0.39, 0.29) is 12.3 Å². The van der Waals surface area contributed by atoms with E-state index in [2.05, 4.69) is 43.5 Å². The Labute approximate surface area is 176 Å². The van der Waals surface area contributed by atoms with Gasteiger partial charge < -0.3 is 9.84 Å². The first kappa shape index (κ1) is 19.1. The molecule has 1 N–H and O–H groups in total. The van der Waals surface area contributed by atoms with Crippen LogP contribution in [0.5, 0.6) is 0 Å². The van der Waals surface area contributed by atoms with Crippen molar-refractivity contribution in [2.75, 3.05) is 5.32 Å². The Hall–Kier alpha value is -3.25. The molecule has 3 aromatic carbocycles. The minimum atomic E-state index is -0.0979. The highest BCUT2D eigenvalue weighted by Gasteiger charge is 2.11. The van der Waals surface area contributed by atoms with Crippen molar-refractivity contribution in [1.29, 1.82) is 0 Å². The summed E-state index contributed by atoms with van der Waals surface area (Å²) in [5.74, 6) is 0.866. The molecule has 0 fully saturated rings. The largest absolute Gasteiger partial charge is 0.339 e. The van der Waals surface area contributed by atoms with Crippen LogP contribution in [0.4, 0.5) is 5.69 Å². The van der Waals surface area contributed by atoms with Gasteiger partial charge in [-0.25, -0.2) is 0 Å². The van der Waals surface area contributed by atoms with Crippen LogP contribution < -0.4 is 5.32 Å². The average molecular weight is 448 g/mol. The summed E-state index contributed by atoms with van der Waals surface area (Å²) >= 11 is 3.37. The van der Waals surface area contributed by atoms with Gasteiger partial charge in [0.05, 0.1) is 0 Å². The van der Waals surface area contributed by atoms with Crippen molar-refractivity contribution in [3.63, 3.8) is 0 Å². The third kappa shape index (κ3) is 4.97. The fraction of sp³-hybridized carbons (Fsp3) is 0.0870. The van der Waals surface area contributed by atoms with Gasteiger partial charge in [0.15, 0.2) is 0 Å². The molecule has 1 heterocycles. The van der Waals surface area contributed by atoms with Crippen LogP contribution in [-0.4, -0.2) is 16.0 Å². The molecular formula is C23H18BrN3O2. The lowest BCUT2D eigenvalue weighted by Gasteiger charge is -2.03. The van der Waals surface area contributed by atoms with E-state index in [4.69, 9.17) is 4.52 Å². The molecule has 5 nitrogen and oxygen atoms in total. The summed E-state index contributed by atoms with van der Waals surface area (Å²) in [5, 5.41) is 6.89. The lowest BCUT2D eigenvalue weighted by Crippen LogP contribution is -2.12. The molecule has 0 radical (unpaired) electrons. The van der Waals surface area contributed by atoms with Crippen molar-refractivity contribution >= 4 is 27.5 Å². The first-order valence-corrected chi connectivity index (χ1v) is 10.0. The molecule has 144 valence electrons. The molecule has 4 rings (SSSR count). The number of rotatable bonds is 6. The van der Waals surface area contributed by atoms with Crippen LogP contribution in [-0.2, 0) is 11.2 Å². The monoisotopic (exact) mass is 447 g/mol. The van der Waals surface area contributed by atoms with E-state index >= 15 is 0 Å². The summed E-state index contributed by atoms with van der Waals surface area (Å²) < 4.78 is 6.27. The maximum Gasteiger partial charge on any atom is 0.227 e. The lowest BCUT2D eigenvalue weighted by atomic mass is 10.0. The summed E-state index contributed by atoms with van der Waals surface area (Å²) in [4.78, 5) is 16.5. The number of carbonyl (C=O) groups excluding carboxylic acids is 1. The number of hydrogen-bond donors (Lipinski definition) is 1. The molecule has 0 unspecified atom stereocenters. The van der Waals surface area contributed by atoms with Crippen LogP contribution in [0.25, 0.3) is 22.5 Å². The van der Waals surface area contributed by atoms with Crippen LogP contribution in [0.3, 0.4) is 0 Å². The van der Waals surface area contributed by atoms with Gasteiger partial charge in [-0.1, -0.05) is 75.7 Å². The Morgan fingerprint density at radius 3 is 2.24 bits per heavy atom. The summed E-state index contributed by atoms with van der Waals surface area (Å²) in [6.07, 6.45) is 0.655. The fourth-order valence-corrected chi connectivity index (χ4v) is 3.16. The van der Waals surface area contributed by atoms with Crippen molar-refractivity contribution in [1.82, 2.24) is 10.1 Å². The van der Waals surface area contributed by atoms with Gasteiger partial charge >= 0.3 is 0 Å². The summed E-state index contributed by atoms with van der Waals surface area (Å²) in [7, 11) is 0. The molecule has 0 spiro atoms. The van der Waals surface area contributed by atoms with Gasteiger partial charge in [0.25, 0.3) is 0 Å². The number of aryl methyl sites for hydroxylation is 1. The van der Waals surface area contributed by atoms with Crippen molar-refractivity contribution in [2.45, 2.75) is 12.8 Å². The zero-order valence-electron chi connectivity index (χ0n) is 15.5. The third-order valence-corrected chi connectivity index (χ3v) is 4.94. The van der Waals surface area contributed by atoms with Crippen LogP contribution in [0.15, 0.2) is 87.9 Å². The Kier molecular flexibility index (Phi) is 5.81. The smallest absolute Gasteiger partial charge is 0.227 e. The topological polar surface area (TPSA) is 68.0 Å². The number of benzene rings is 3. The summed E-state index contributed by atoms with van der Waals surface area (Å²) in [6.45, 7) is 0. The van der Waals surface area contributed by atoms with Gasteiger partial charge in [-0.15, -0.1) is 0 Å². The quantitative estimate of drug-likeness (QED) is 0.409. The van der Waals surface area contributed by atoms with Crippen LogP contribution >= 0.6 is 15.9 Å². The number of amides is 1. The fourth-order valence-electron chi connectivity index (χ4n) is 2.89.